The third kappa shape index (κ3) is 1.77. The van der Waals surface area contributed by atoms with Crippen LogP contribution in [0.5, 0.6) is 0 Å². The third-order valence-electron chi connectivity index (χ3n) is 1.48. The molecule has 1 N–H and O–H groups in total. The molecule has 1 aromatic carbocycles. The summed E-state index contributed by atoms with van der Waals surface area (Å²) < 4.78 is 0. The first kappa shape index (κ1) is 9.50. The average molecular weight is 384 g/mol. The molecule has 0 unspecified atom stereocenters. The maximum Gasteiger partial charge on any atom is 0.266 e. The summed E-state index contributed by atoms with van der Waals surface area (Å²) >= 11 is 0. The number of aromatic nitrogens is 2. The Balaban J connectivity index is 0.000000720. The zero-order chi connectivity index (χ0) is 7.68. The SMILES string of the molecule is O=c1cnc2ccccc2[nH]1.[U]. The van der Waals surface area contributed by atoms with Crippen LogP contribution in [0, 0.1) is 31.1 Å². The van der Waals surface area contributed by atoms with Gasteiger partial charge in [0.2, 0.25) is 0 Å². The molecule has 1 heterocycles. The van der Waals surface area contributed by atoms with E-state index in [9.17, 15) is 4.79 Å². The largest absolute Gasteiger partial charge is 0.319 e. The number of rotatable bonds is 0. The smallest absolute Gasteiger partial charge is 0.266 e. The van der Waals surface area contributed by atoms with Crippen LogP contribution >= 0.6 is 0 Å². The first-order valence-electron chi connectivity index (χ1n) is 3.30. The van der Waals surface area contributed by atoms with Crippen molar-refractivity contribution in [2.45, 2.75) is 0 Å². The van der Waals surface area contributed by atoms with Crippen LogP contribution < -0.4 is 5.56 Å². The fourth-order valence-corrected chi connectivity index (χ4v) is 0.985. The van der Waals surface area contributed by atoms with E-state index in [1.54, 1.807) is 0 Å². The van der Waals surface area contributed by atoms with Crippen molar-refractivity contribution < 1.29 is 31.1 Å². The fraction of sp³-hybridized carbons (Fsp3) is 0. The first-order valence-corrected chi connectivity index (χ1v) is 3.30. The number of benzene rings is 1. The summed E-state index contributed by atoms with van der Waals surface area (Å²) in [6.07, 6.45) is 1.28. The predicted molar refractivity (Wildman–Crippen MR) is 42.4 cm³/mol. The molecule has 0 aliphatic carbocycles. The van der Waals surface area contributed by atoms with E-state index in [0.717, 1.165) is 11.0 Å². The molecule has 0 saturated heterocycles. The van der Waals surface area contributed by atoms with Crippen molar-refractivity contribution in [3.05, 3.63) is 40.8 Å². The maximum atomic E-state index is 10.8. The van der Waals surface area contributed by atoms with Gasteiger partial charge in [0.1, 0.15) is 0 Å². The summed E-state index contributed by atoms with van der Waals surface area (Å²) in [5, 5.41) is 0. The number of nitrogens with zero attached hydrogens (tertiary/aromatic N) is 1. The normalized spacial score (nSPS) is 9.33. The second-order valence-corrected chi connectivity index (χ2v) is 2.26. The van der Waals surface area contributed by atoms with Gasteiger partial charge in [0.15, 0.2) is 0 Å². The Morgan fingerprint density at radius 3 is 2.83 bits per heavy atom. The van der Waals surface area contributed by atoms with Gasteiger partial charge >= 0.3 is 0 Å². The van der Waals surface area contributed by atoms with Gasteiger partial charge in [-0.05, 0) is 12.1 Å². The average Bonchev–Trinajstić information content (AvgIpc) is 2.04. The minimum Gasteiger partial charge on any atom is -0.319 e. The number of hydrogen-bond donors (Lipinski definition) is 1. The first-order chi connectivity index (χ1) is 5.36. The molecule has 2 rings (SSSR count). The molecular formula is C8H6N2OU. The monoisotopic (exact) mass is 384 g/mol. The standard InChI is InChI=1S/C8H6N2O.U/c11-8-5-9-6-3-1-2-4-7(6)10-8;/h1-5H,(H,10,11);. The number of fused-ring (bicyclic) bond motifs is 1. The molecule has 0 bridgehead atoms. The molecule has 0 atom stereocenters. The summed E-state index contributed by atoms with van der Waals surface area (Å²) in [6.45, 7) is 0. The molecule has 2 aromatic rings. The fourth-order valence-electron chi connectivity index (χ4n) is 0.985. The second kappa shape index (κ2) is 3.88. The number of H-pyrrole nitrogens is 1. The molecule has 0 amide bonds. The van der Waals surface area contributed by atoms with Crippen molar-refractivity contribution in [2.75, 3.05) is 0 Å². The van der Waals surface area contributed by atoms with Gasteiger partial charge in [0.05, 0.1) is 17.2 Å². The van der Waals surface area contributed by atoms with E-state index in [1.807, 2.05) is 24.3 Å². The Morgan fingerprint density at radius 2 is 2.00 bits per heavy atom. The third-order valence-corrected chi connectivity index (χ3v) is 1.48. The van der Waals surface area contributed by atoms with E-state index in [0.29, 0.717) is 0 Å². The van der Waals surface area contributed by atoms with Crippen molar-refractivity contribution in [3.63, 3.8) is 0 Å². The summed E-state index contributed by atoms with van der Waals surface area (Å²) in [5.74, 6) is 0. The zero-order valence-electron chi connectivity index (χ0n) is 6.24. The van der Waals surface area contributed by atoms with Gasteiger partial charge < -0.3 is 4.98 Å². The van der Waals surface area contributed by atoms with E-state index in [-0.39, 0.29) is 36.7 Å². The van der Waals surface area contributed by atoms with Crippen LogP contribution in [0.25, 0.3) is 11.0 Å². The van der Waals surface area contributed by atoms with Gasteiger partial charge in [-0.2, -0.15) is 0 Å². The van der Waals surface area contributed by atoms with Gasteiger partial charge in [-0.1, -0.05) is 12.1 Å². The number of para-hydroxylation sites is 2. The Labute approximate surface area is 92.6 Å². The van der Waals surface area contributed by atoms with Crippen molar-refractivity contribution in [2.24, 2.45) is 0 Å². The topological polar surface area (TPSA) is 45.8 Å². The van der Waals surface area contributed by atoms with Crippen LogP contribution in [-0.4, -0.2) is 9.97 Å². The van der Waals surface area contributed by atoms with E-state index >= 15 is 0 Å². The molecule has 0 saturated carbocycles. The summed E-state index contributed by atoms with van der Waals surface area (Å²) in [7, 11) is 0. The summed E-state index contributed by atoms with van der Waals surface area (Å²) in [5.41, 5.74) is 1.43. The summed E-state index contributed by atoms with van der Waals surface area (Å²) in [6, 6.07) is 7.42. The van der Waals surface area contributed by atoms with Crippen LogP contribution in [0.2, 0.25) is 0 Å². The van der Waals surface area contributed by atoms with Gasteiger partial charge in [0, 0.05) is 31.1 Å². The molecule has 12 heavy (non-hydrogen) atoms. The Bertz CT molecular complexity index is 438. The molecule has 0 radical (unpaired) electrons. The molecule has 0 spiro atoms. The molecule has 0 aliphatic rings. The second-order valence-electron chi connectivity index (χ2n) is 2.26. The Morgan fingerprint density at radius 1 is 1.25 bits per heavy atom. The van der Waals surface area contributed by atoms with E-state index < -0.39 is 0 Å². The van der Waals surface area contributed by atoms with Crippen LogP contribution in [-0.2, 0) is 0 Å². The van der Waals surface area contributed by atoms with Crippen molar-refractivity contribution in [1.29, 1.82) is 0 Å². The number of nitrogens with one attached hydrogen (secondary N) is 1. The molecular weight excluding hydrogens is 378 g/mol. The molecule has 0 fully saturated rings. The number of aromatic amines is 1. The molecule has 58 valence electrons. The van der Waals surface area contributed by atoms with E-state index in [1.165, 1.54) is 6.20 Å². The van der Waals surface area contributed by atoms with Gasteiger partial charge in [0.25, 0.3) is 5.56 Å². The Kier molecular flexibility index (Phi) is 3.07. The molecule has 0 aliphatic heterocycles. The van der Waals surface area contributed by atoms with Crippen LogP contribution in [0.3, 0.4) is 0 Å². The molecule has 3 nitrogen and oxygen atoms in total. The summed E-state index contributed by atoms with van der Waals surface area (Å²) in [4.78, 5) is 17.4. The Hall–Kier alpha value is -0.588. The van der Waals surface area contributed by atoms with Crippen LogP contribution in [0.15, 0.2) is 35.3 Å². The minimum absolute atomic E-state index is 0. The van der Waals surface area contributed by atoms with Crippen LogP contribution in [0.1, 0.15) is 0 Å². The molecule has 1 aromatic heterocycles. The van der Waals surface area contributed by atoms with E-state index in [2.05, 4.69) is 9.97 Å². The predicted octanol–water partition coefficient (Wildman–Crippen LogP) is 0.923. The molecule has 4 heteroatoms. The quantitative estimate of drug-likeness (QED) is 0.735. The van der Waals surface area contributed by atoms with E-state index in [4.69, 9.17) is 0 Å². The maximum absolute atomic E-state index is 10.8. The zero-order valence-corrected chi connectivity index (χ0v) is 10.4. The van der Waals surface area contributed by atoms with Gasteiger partial charge in [-0.25, -0.2) is 4.98 Å². The van der Waals surface area contributed by atoms with Crippen molar-refractivity contribution in [1.82, 2.24) is 9.97 Å². The van der Waals surface area contributed by atoms with Gasteiger partial charge in [-0.3, -0.25) is 4.79 Å². The van der Waals surface area contributed by atoms with Gasteiger partial charge in [-0.15, -0.1) is 0 Å². The van der Waals surface area contributed by atoms with Crippen LogP contribution in [0.4, 0.5) is 0 Å². The van der Waals surface area contributed by atoms with Crippen molar-refractivity contribution >= 4 is 11.0 Å². The minimum atomic E-state index is -0.163. The number of hydrogen-bond acceptors (Lipinski definition) is 2. The van der Waals surface area contributed by atoms with Crippen molar-refractivity contribution in [3.8, 4) is 0 Å².